The van der Waals surface area contributed by atoms with E-state index in [0.717, 1.165) is 18.3 Å². The first kappa shape index (κ1) is 14.9. The molecule has 0 atom stereocenters. The summed E-state index contributed by atoms with van der Waals surface area (Å²) in [5.74, 6) is 1.71. The Hall–Kier alpha value is -0.510. The summed E-state index contributed by atoms with van der Waals surface area (Å²) in [5, 5.41) is 9.17. The van der Waals surface area contributed by atoms with Crippen molar-refractivity contribution in [2.24, 2.45) is 5.92 Å². The normalized spacial score (nSPS) is 23.7. The van der Waals surface area contributed by atoms with Crippen molar-refractivity contribution in [1.29, 1.82) is 0 Å². The summed E-state index contributed by atoms with van der Waals surface area (Å²) in [5.41, 5.74) is 0. The molecule has 0 radical (unpaired) electrons. The Labute approximate surface area is 121 Å². The molecular weight excluding hydrogens is 254 g/mol. The van der Waals surface area contributed by atoms with Crippen LogP contribution in [0.1, 0.15) is 25.7 Å². The zero-order valence-corrected chi connectivity index (χ0v) is 12.6. The average molecular weight is 279 g/mol. The Bertz CT molecular complexity index is 349. The Kier molecular flexibility index (Phi) is 6.21. The minimum absolute atomic E-state index is 0.375. The summed E-state index contributed by atoms with van der Waals surface area (Å²) in [4.78, 5) is 3.86. The van der Waals surface area contributed by atoms with Gasteiger partial charge in [0.1, 0.15) is 0 Å². The summed E-state index contributed by atoms with van der Waals surface area (Å²) in [6.45, 7) is 1.52. The van der Waals surface area contributed by atoms with Crippen LogP contribution in [0.25, 0.3) is 0 Å². The molecule has 3 heteroatoms. The minimum atomic E-state index is 0.375. The fourth-order valence-corrected chi connectivity index (χ4v) is 3.74. The predicted octanol–water partition coefficient (Wildman–Crippen LogP) is 3.26. The lowest BCUT2D eigenvalue weighted by Gasteiger charge is -2.34. The molecule has 0 saturated heterocycles. The SMILES string of the molecule is CN(CCSc1ccccc1)C1CCC(CO)CC1. The fraction of sp³-hybridized carbons (Fsp3) is 0.625. The maximum atomic E-state index is 9.17. The first-order valence-corrected chi connectivity index (χ1v) is 8.27. The molecule has 0 unspecified atom stereocenters. The number of benzene rings is 1. The second-order valence-electron chi connectivity index (χ2n) is 5.50. The number of aliphatic hydroxyl groups is 1. The standard InChI is InChI=1S/C16H25NOS/c1-17(15-9-7-14(13-18)8-10-15)11-12-19-16-5-3-2-4-6-16/h2-6,14-15,18H,7-13H2,1H3. The van der Waals surface area contributed by atoms with Crippen LogP contribution in [0.5, 0.6) is 0 Å². The van der Waals surface area contributed by atoms with Gasteiger partial charge in [-0.25, -0.2) is 0 Å². The smallest absolute Gasteiger partial charge is 0.0459 e. The van der Waals surface area contributed by atoms with Crippen LogP contribution in [0, 0.1) is 5.92 Å². The highest BCUT2D eigenvalue weighted by Crippen LogP contribution is 2.27. The first-order chi connectivity index (χ1) is 9.29. The lowest BCUT2D eigenvalue weighted by Crippen LogP contribution is -2.37. The molecule has 0 heterocycles. The third kappa shape index (κ3) is 4.83. The van der Waals surface area contributed by atoms with Crippen LogP contribution in [0.4, 0.5) is 0 Å². The molecule has 0 bridgehead atoms. The molecule has 0 aliphatic heterocycles. The molecule has 0 amide bonds. The number of hydrogen-bond acceptors (Lipinski definition) is 3. The van der Waals surface area contributed by atoms with Crippen molar-refractivity contribution in [3.8, 4) is 0 Å². The maximum absolute atomic E-state index is 9.17. The molecule has 2 nitrogen and oxygen atoms in total. The first-order valence-electron chi connectivity index (χ1n) is 7.28. The van der Waals surface area contributed by atoms with Crippen LogP contribution < -0.4 is 0 Å². The molecule has 19 heavy (non-hydrogen) atoms. The van der Waals surface area contributed by atoms with Crippen molar-refractivity contribution in [3.05, 3.63) is 30.3 Å². The van der Waals surface area contributed by atoms with Crippen LogP contribution in [0.2, 0.25) is 0 Å². The van der Waals surface area contributed by atoms with E-state index in [1.807, 2.05) is 11.8 Å². The molecule has 2 rings (SSSR count). The van der Waals surface area contributed by atoms with Crippen LogP contribution >= 0.6 is 11.8 Å². The fourth-order valence-electron chi connectivity index (χ4n) is 2.77. The van der Waals surface area contributed by atoms with Gasteiger partial charge in [0.25, 0.3) is 0 Å². The van der Waals surface area contributed by atoms with Gasteiger partial charge in [-0.1, -0.05) is 18.2 Å². The molecule has 1 fully saturated rings. The Morgan fingerprint density at radius 3 is 2.47 bits per heavy atom. The van der Waals surface area contributed by atoms with Crippen LogP contribution in [-0.2, 0) is 0 Å². The van der Waals surface area contributed by atoms with E-state index in [0.29, 0.717) is 12.5 Å². The zero-order chi connectivity index (χ0) is 13.5. The van der Waals surface area contributed by atoms with Crippen LogP contribution in [0.3, 0.4) is 0 Å². The van der Waals surface area contributed by atoms with E-state index in [-0.39, 0.29) is 0 Å². The minimum Gasteiger partial charge on any atom is -0.396 e. The number of rotatable bonds is 6. The second-order valence-corrected chi connectivity index (χ2v) is 6.67. The van der Waals surface area contributed by atoms with Gasteiger partial charge in [0.15, 0.2) is 0 Å². The van der Waals surface area contributed by atoms with Gasteiger partial charge in [0.2, 0.25) is 0 Å². The highest BCUT2D eigenvalue weighted by atomic mass is 32.2. The third-order valence-electron chi connectivity index (χ3n) is 4.15. The summed E-state index contributed by atoms with van der Waals surface area (Å²) < 4.78 is 0. The van der Waals surface area contributed by atoms with E-state index in [1.165, 1.54) is 30.6 Å². The molecule has 1 aliphatic rings. The van der Waals surface area contributed by atoms with Gasteiger partial charge >= 0.3 is 0 Å². The molecule has 106 valence electrons. The molecule has 1 saturated carbocycles. The predicted molar refractivity (Wildman–Crippen MR) is 82.6 cm³/mol. The van der Waals surface area contributed by atoms with Crippen molar-refractivity contribution in [2.45, 2.75) is 36.6 Å². The third-order valence-corrected chi connectivity index (χ3v) is 5.15. The van der Waals surface area contributed by atoms with Crippen molar-refractivity contribution in [3.63, 3.8) is 0 Å². The second kappa shape index (κ2) is 7.93. The summed E-state index contributed by atoms with van der Waals surface area (Å²) in [7, 11) is 2.25. The van der Waals surface area contributed by atoms with Crippen molar-refractivity contribution < 1.29 is 5.11 Å². The number of aliphatic hydroxyl groups excluding tert-OH is 1. The van der Waals surface area contributed by atoms with Crippen molar-refractivity contribution in [1.82, 2.24) is 4.90 Å². The Morgan fingerprint density at radius 2 is 1.84 bits per heavy atom. The van der Waals surface area contributed by atoms with Gasteiger partial charge in [-0.3, -0.25) is 0 Å². The van der Waals surface area contributed by atoms with Crippen molar-refractivity contribution >= 4 is 11.8 Å². The Morgan fingerprint density at radius 1 is 1.16 bits per heavy atom. The van der Waals surface area contributed by atoms with E-state index in [1.54, 1.807) is 0 Å². The number of nitrogens with zero attached hydrogens (tertiary/aromatic N) is 1. The molecule has 0 spiro atoms. The van der Waals surface area contributed by atoms with Gasteiger partial charge in [0.05, 0.1) is 0 Å². The number of thioether (sulfide) groups is 1. The maximum Gasteiger partial charge on any atom is 0.0459 e. The van der Waals surface area contributed by atoms with E-state index in [9.17, 15) is 0 Å². The molecule has 1 aromatic rings. The molecule has 1 N–H and O–H groups in total. The lowest BCUT2D eigenvalue weighted by molar-refractivity contribution is 0.132. The van der Waals surface area contributed by atoms with Crippen LogP contribution in [0.15, 0.2) is 35.2 Å². The topological polar surface area (TPSA) is 23.5 Å². The van der Waals surface area contributed by atoms with Crippen molar-refractivity contribution in [2.75, 3.05) is 26.0 Å². The number of hydrogen-bond donors (Lipinski definition) is 1. The summed E-state index contributed by atoms with van der Waals surface area (Å²) >= 11 is 1.94. The quantitative estimate of drug-likeness (QED) is 0.809. The molecule has 1 aliphatic carbocycles. The Balaban J connectivity index is 1.66. The monoisotopic (exact) mass is 279 g/mol. The highest BCUT2D eigenvalue weighted by Gasteiger charge is 2.23. The van der Waals surface area contributed by atoms with E-state index < -0.39 is 0 Å². The van der Waals surface area contributed by atoms with Gasteiger partial charge in [0, 0.05) is 29.8 Å². The van der Waals surface area contributed by atoms with E-state index >= 15 is 0 Å². The van der Waals surface area contributed by atoms with Gasteiger partial charge < -0.3 is 10.0 Å². The van der Waals surface area contributed by atoms with Gasteiger partial charge in [-0.15, -0.1) is 11.8 Å². The molecule has 1 aromatic carbocycles. The van der Waals surface area contributed by atoms with E-state index in [4.69, 9.17) is 5.11 Å². The molecular formula is C16H25NOS. The van der Waals surface area contributed by atoms with Gasteiger partial charge in [-0.05, 0) is 50.8 Å². The van der Waals surface area contributed by atoms with Gasteiger partial charge in [-0.2, -0.15) is 0 Å². The van der Waals surface area contributed by atoms with E-state index in [2.05, 4.69) is 42.3 Å². The summed E-state index contributed by atoms with van der Waals surface area (Å²) in [6, 6.07) is 11.3. The zero-order valence-electron chi connectivity index (χ0n) is 11.8. The highest BCUT2D eigenvalue weighted by molar-refractivity contribution is 7.99. The average Bonchev–Trinajstić information content (AvgIpc) is 2.48. The molecule has 0 aromatic heterocycles. The lowest BCUT2D eigenvalue weighted by atomic mass is 9.86. The summed E-state index contributed by atoms with van der Waals surface area (Å²) in [6.07, 6.45) is 4.88. The largest absolute Gasteiger partial charge is 0.396 e. The van der Waals surface area contributed by atoms with Crippen LogP contribution in [-0.4, -0.2) is 42.0 Å².